The van der Waals surface area contributed by atoms with Gasteiger partial charge in [-0.25, -0.2) is 0 Å². The monoisotopic (exact) mass is 174 g/mol. The number of hydrogen-bond donors (Lipinski definition) is 1. The fourth-order valence-electron chi connectivity index (χ4n) is 1.39. The molecule has 0 aliphatic rings. The molecule has 0 bridgehead atoms. The van der Waals surface area contributed by atoms with E-state index in [0.717, 1.165) is 18.4 Å². The van der Waals surface area contributed by atoms with Crippen LogP contribution in [0.1, 0.15) is 36.9 Å². The Morgan fingerprint density at radius 2 is 2.15 bits per heavy atom. The first-order chi connectivity index (χ1) is 6.29. The number of benzene rings is 1. The van der Waals surface area contributed by atoms with E-state index < -0.39 is 0 Å². The molecule has 2 heteroatoms. The van der Waals surface area contributed by atoms with Crippen LogP contribution in [0, 0.1) is 11.3 Å². The highest BCUT2D eigenvalue weighted by atomic mass is 14.6. The van der Waals surface area contributed by atoms with Crippen molar-refractivity contribution < 1.29 is 0 Å². The number of nitrogens with two attached hydrogens (primary N) is 1. The van der Waals surface area contributed by atoms with Crippen molar-refractivity contribution in [3.05, 3.63) is 35.4 Å². The van der Waals surface area contributed by atoms with E-state index in [1.54, 1.807) is 0 Å². The van der Waals surface area contributed by atoms with Gasteiger partial charge in [0.2, 0.25) is 0 Å². The first kappa shape index (κ1) is 9.76. The molecular weight excluding hydrogens is 160 g/mol. The van der Waals surface area contributed by atoms with Crippen molar-refractivity contribution in [2.75, 3.05) is 0 Å². The van der Waals surface area contributed by atoms with Crippen molar-refractivity contribution in [1.82, 2.24) is 0 Å². The van der Waals surface area contributed by atoms with Crippen molar-refractivity contribution in [2.24, 2.45) is 5.73 Å². The Hall–Kier alpha value is -1.33. The topological polar surface area (TPSA) is 49.8 Å². The zero-order valence-electron chi connectivity index (χ0n) is 7.83. The number of nitrogens with zero attached hydrogens (tertiary/aromatic N) is 1. The van der Waals surface area contributed by atoms with Gasteiger partial charge in [-0.3, -0.25) is 0 Å². The van der Waals surface area contributed by atoms with Crippen molar-refractivity contribution in [3.8, 4) is 6.07 Å². The maximum Gasteiger partial charge on any atom is 0.0995 e. The van der Waals surface area contributed by atoms with Gasteiger partial charge in [-0.1, -0.05) is 31.5 Å². The number of rotatable bonds is 3. The average Bonchev–Trinajstić information content (AvgIpc) is 2.18. The summed E-state index contributed by atoms with van der Waals surface area (Å²) in [5, 5.41) is 8.83. The van der Waals surface area contributed by atoms with E-state index in [1.165, 1.54) is 0 Å². The molecule has 0 radical (unpaired) electrons. The van der Waals surface area contributed by atoms with Crippen LogP contribution in [0.25, 0.3) is 0 Å². The highest BCUT2D eigenvalue weighted by Crippen LogP contribution is 2.18. The summed E-state index contributed by atoms with van der Waals surface area (Å²) in [5.74, 6) is 0. The molecule has 1 atom stereocenters. The fourth-order valence-corrected chi connectivity index (χ4v) is 1.39. The van der Waals surface area contributed by atoms with Gasteiger partial charge in [0, 0.05) is 6.04 Å². The smallest absolute Gasteiger partial charge is 0.0995 e. The Bertz CT molecular complexity index is 312. The van der Waals surface area contributed by atoms with Crippen molar-refractivity contribution >= 4 is 0 Å². The van der Waals surface area contributed by atoms with Crippen LogP contribution in [-0.4, -0.2) is 0 Å². The normalized spacial score (nSPS) is 12.1. The Morgan fingerprint density at radius 3 is 2.77 bits per heavy atom. The minimum Gasteiger partial charge on any atom is -0.324 e. The Morgan fingerprint density at radius 1 is 1.46 bits per heavy atom. The van der Waals surface area contributed by atoms with Crippen LogP contribution in [-0.2, 0) is 0 Å². The van der Waals surface area contributed by atoms with Crippen LogP contribution in [0.3, 0.4) is 0 Å². The highest BCUT2D eigenvalue weighted by molar-refractivity contribution is 5.39. The molecule has 1 rings (SSSR count). The molecule has 0 aliphatic heterocycles. The summed E-state index contributed by atoms with van der Waals surface area (Å²) in [4.78, 5) is 0. The maximum absolute atomic E-state index is 8.83. The summed E-state index contributed by atoms with van der Waals surface area (Å²) in [6.07, 6.45) is 1.97. The van der Waals surface area contributed by atoms with Crippen LogP contribution < -0.4 is 5.73 Å². The van der Waals surface area contributed by atoms with Gasteiger partial charge in [0.15, 0.2) is 0 Å². The molecule has 0 heterocycles. The standard InChI is InChI=1S/C11H14N2/c1-2-5-11(13)10-7-4-3-6-9(10)8-12/h3-4,6-7,11H,2,5,13H2,1H3. The van der Waals surface area contributed by atoms with Crippen LogP contribution in [0.4, 0.5) is 0 Å². The van der Waals surface area contributed by atoms with Crippen molar-refractivity contribution in [3.63, 3.8) is 0 Å². The SMILES string of the molecule is CCCC(N)c1ccccc1C#N. The molecule has 0 amide bonds. The van der Waals surface area contributed by atoms with E-state index in [-0.39, 0.29) is 6.04 Å². The van der Waals surface area contributed by atoms with Gasteiger partial charge >= 0.3 is 0 Å². The number of hydrogen-bond acceptors (Lipinski definition) is 2. The van der Waals surface area contributed by atoms with E-state index in [2.05, 4.69) is 13.0 Å². The lowest BCUT2D eigenvalue weighted by Gasteiger charge is -2.11. The lowest BCUT2D eigenvalue weighted by molar-refractivity contribution is 0.637. The summed E-state index contributed by atoms with van der Waals surface area (Å²) in [6, 6.07) is 9.68. The van der Waals surface area contributed by atoms with Gasteiger partial charge in [0.05, 0.1) is 11.6 Å². The molecular formula is C11H14N2. The molecule has 0 aliphatic carbocycles. The minimum atomic E-state index is 0.000787. The third-order valence-electron chi connectivity index (χ3n) is 2.08. The molecule has 1 unspecified atom stereocenters. The first-order valence-corrected chi connectivity index (χ1v) is 4.54. The summed E-state index contributed by atoms with van der Waals surface area (Å²) < 4.78 is 0. The Balaban J connectivity index is 2.93. The zero-order valence-corrected chi connectivity index (χ0v) is 7.83. The minimum absolute atomic E-state index is 0.000787. The van der Waals surface area contributed by atoms with E-state index >= 15 is 0 Å². The van der Waals surface area contributed by atoms with Gasteiger partial charge in [-0.2, -0.15) is 5.26 Å². The van der Waals surface area contributed by atoms with Gasteiger partial charge in [-0.15, -0.1) is 0 Å². The third-order valence-corrected chi connectivity index (χ3v) is 2.08. The van der Waals surface area contributed by atoms with Crippen LogP contribution in [0.5, 0.6) is 0 Å². The highest BCUT2D eigenvalue weighted by Gasteiger charge is 2.08. The second-order valence-corrected chi connectivity index (χ2v) is 3.09. The molecule has 0 aromatic heterocycles. The quantitative estimate of drug-likeness (QED) is 0.764. The maximum atomic E-state index is 8.83. The predicted octanol–water partition coefficient (Wildman–Crippen LogP) is 2.36. The molecule has 1 aromatic rings. The summed E-state index contributed by atoms with van der Waals surface area (Å²) in [6.45, 7) is 2.09. The molecule has 1 aromatic carbocycles. The van der Waals surface area contributed by atoms with Gasteiger partial charge in [-0.05, 0) is 18.1 Å². The molecule has 0 saturated heterocycles. The van der Waals surface area contributed by atoms with Crippen molar-refractivity contribution in [2.45, 2.75) is 25.8 Å². The molecule has 0 fully saturated rings. The second-order valence-electron chi connectivity index (χ2n) is 3.09. The van der Waals surface area contributed by atoms with Gasteiger partial charge in [0.1, 0.15) is 0 Å². The van der Waals surface area contributed by atoms with E-state index in [9.17, 15) is 0 Å². The van der Waals surface area contributed by atoms with Gasteiger partial charge in [0.25, 0.3) is 0 Å². The summed E-state index contributed by atoms with van der Waals surface area (Å²) in [7, 11) is 0. The van der Waals surface area contributed by atoms with Crippen LogP contribution >= 0.6 is 0 Å². The first-order valence-electron chi connectivity index (χ1n) is 4.54. The lowest BCUT2D eigenvalue weighted by atomic mass is 9.98. The molecule has 2 N–H and O–H groups in total. The zero-order chi connectivity index (χ0) is 9.68. The van der Waals surface area contributed by atoms with Crippen molar-refractivity contribution in [1.29, 1.82) is 5.26 Å². The Kier molecular flexibility index (Phi) is 3.48. The predicted molar refractivity (Wildman–Crippen MR) is 53.0 cm³/mol. The van der Waals surface area contributed by atoms with E-state index in [1.807, 2.05) is 24.3 Å². The lowest BCUT2D eigenvalue weighted by Crippen LogP contribution is -2.11. The third kappa shape index (κ3) is 2.30. The van der Waals surface area contributed by atoms with Crippen LogP contribution in [0.15, 0.2) is 24.3 Å². The molecule has 13 heavy (non-hydrogen) atoms. The average molecular weight is 174 g/mol. The Labute approximate surface area is 79.0 Å². The molecule has 0 saturated carbocycles. The molecule has 0 spiro atoms. The van der Waals surface area contributed by atoms with E-state index in [4.69, 9.17) is 11.0 Å². The number of nitriles is 1. The van der Waals surface area contributed by atoms with Gasteiger partial charge < -0.3 is 5.73 Å². The fraction of sp³-hybridized carbons (Fsp3) is 0.364. The summed E-state index contributed by atoms with van der Waals surface area (Å²) >= 11 is 0. The molecule has 2 nitrogen and oxygen atoms in total. The molecule has 68 valence electrons. The second kappa shape index (κ2) is 4.64. The van der Waals surface area contributed by atoms with Crippen LogP contribution in [0.2, 0.25) is 0 Å². The van der Waals surface area contributed by atoms with E-state index in [0.29, 0.717) is 5.56 Å². The summed E-state index contributed by atoms with van der Waals surface area (Å²) in [5.41, 5.74) is 7.59. The largest absolute Gasteiger partial charge is 0.324 e.